The lowest BCUT2D eigenvalue weighted by Crippen LogP contribution is -2.24. The number of sulfonamides is 1. The van der Waals surface area contributed by atoms with Gasteiger partial charge in [-0.25, -0.2) is 13.1 Å². The summed E-state index contributed by atoms with van der Waals surface area (Å²) < 4.78 is 30.6. The zero-order chi connectivity index (χ0) is 19.6. The molecule has 28 heavy (non-hydrogen) atoms. The third-order valence-corrected chi connectivity index (χ3v) is 7.42. The molecule has 4 rings (SSSR count). The van der Waals surface area contributed by atoms with E-state index in [4.69, 9.17) is 5.10 Å². The van der Waals surface area contributed by atoms with Gasteiger partial charge in [-0.2, -0.15) is 5.10 Å². The SMILES string of the molecule is O=S(=O)(NCc1cc(-c2ccncc2)n(C2CCCC2)n1)c1ccccc1Br. The summed E-state index contributed by atoms with van der Waals surface area (Å²) in [4.78, 5) is 4.31. The van der Waals surface area contributed by atoms with Crippen LogP contribution in [-0.2, 0) is 16.6 Å². The molecule has 1 aliphatic rings. The summed E-state index contributed by atoms with van der Waals surface area (Å²) in [6.45, 7) is 0.140. The molecule has 3 aromatic rings. The molecule has 0 aliphatic heterocycles. The summed E-state index contributed by atoms with van der Waals surface area (Å²) >= 11 is 3.30. The fraction of sp³-hybridized carbons (Fsp3) is 0.300. The Morgan fingerprint density at radius 2 is 1.82 bits per heavy atom. The van der Waals surface area contributed by atoms with Crippen molar-refractivity contribution in [2.24, 2.45) is 0 Å². The predicted molar refractivity (Wildman–Crippen MR) is 111 cm³/mol. The maximum atomic E-state index is 12.7. The first-order chi connectivity index (χ1) is 13.5. The van der Waals surface area contributed by atoms with Crippen molar-refractivity contribution in [3.05, 3.63) is 65.0 Å². The van der Waals surface area contributed by atoms with Crippen molar-refractivity contribution in [2.45, 2.75) is 43.2 Å². The highest BCUT2D eigenvalue weighted by atomic mass is 79.9. The van der Waals surface area contributed by atoms with E-state index in [1.165, 1.54) is 12.8 Å². The highest BCUT2D eigenvalue weighted by molar-refractivity contribution is 9.10. The molecular formula is C20H21BrN4O2S. The first-order valence-electron chi connectivity index (χ1n) is 9.27. The van der Waals surface area contributed by atoms with Gasteiger partial charge in [0.15, 0.2) is 0 Å². The molecule has 1 fully saturated rings. The molecule has 6 nitrogen and oxygen atoms in total. The minimum Gasteiger partial charge on any atom is -0.265 e. The lowest BCUT2D eigenvalue weighted by molar-refractivity contribution is 0.467. The van der Waals surface area contributed by atoms with Gasteiger partial charge in [-0.05, 0) is 59.1 Å². The van der Waals surface area contributed by atoms with Crippen LogP contribution in [0.3, 0.4) is 0 Å². The number of hydrogen-bond acceptors (Lipinski definition) is 4. The summed E-state index contributed by atoms with van der Waals surface area (Å²) in [6, 6.07) is 13.0. The van der Waals surface area contributed by atoms with Crippen LogP contribution >= 0.6 is 15.9 Å². The summed E-state index contributed by atoms with van der Waals surface area (Å²) in [5, 5.41) is 4.75. The normalized spacial score (nSPS) is 15.2. The van der Waals surface area contributed by atoms with Crippen LogP contribution in [0.4, 0.5) is 0 Å². The van der Waals surface area contributed by atoms with Crippen LogP contribution in [0, 0.1) is 0 Å². The van der Waals surface area contributed by atoms with Crippen LogP contribution in [0.2, 0.25) is 0 Å². The fourth-order valence-electron chi connectivity index (χ4n) is 3.61. The summed E-state index contributed by atoms with van der Waals surface area (Å²) in [6.07, 6.45) is 8.12. The Bertz CT molecular complexity index is 1060. The molecule has 0 bridgehead atoms. The number of halogens is 1. The molecular weight excluding hydrogens is 440 g/mol. The minimum atomic E-state index is -3.63. The quantitative estimate of drug-likeness (QED) is 0.594. The third-order valence-electron chi connectivity index (χ3n) is 5.00. The van der Waals surface area contributed by atoms with E-state index in [1.54, 1.807) is 36.7 Å². The molecule has 1 aromatic carbocycles. The monoisotopic (exact) mass is 460 g/mol. The third kappa shape index (κ3) is 4.04. The Kier molecular flexibility index (Phi) is 5.61. The van der Waals surface area contributed by atoms with Crippen molar-refractivity contribution in [1.82, 2.24) is 19.5 Å². The number of hydrogen-bond donors (Lipinski definition) is 1. The van der Waals surface area contributed by atoms with Crippen molar-refractivity contribution in [2.75, 3.05) is 0 Å². The Morgan fingerprint density at radius 1 is 1.11 bits per heavy atom. The van der Waals surface area contributed by atoms with E-state index in [0.717, 1.165) is 24.1 Å². The molecule has 2 aromatic heterocycles. The van der Waals surface area contributed by atoms with Gasteiger partial charge in [-0.15, -0.1) is 0 Å². The second-order valence-corrected chi connectivity index (χ2v) is 9.48. The number of rotatable bonds is 6. The largest absolute Gasteiger partial charge is 0.265 e. The van der Waals surface area contributed by atoms with Crippen molar-refractivity contribution in [1.29, 1.82) is 0 Å². The summed E-state index contributed by atoms with van der Waals surface area (Å²) in [5.74, 6) is 0. The van der Waals surface area contributed by atoms with E-state index in [2.05, 4.69) is 30.3 Å². The van der Waals surface area contributed by atoms with Gasteiger partial charge in [0, 0.05) is 22.4 Å². The molecule has 0 unspecified atom stereocenters. The molecule has 8 heteroatoms. The van der Waals surface area contributed by atoms with Gasteiger partial charge >= 0.3 is 0 Å². The fourth-order valence-corrected chi connectivity index (χ4v) is 5.61. The maximum absolute atomic E-state index is 12.7. The maximum Gasteiger partial charge on any atom is 0.242 e. The van der Waals surface area contributed by atoms with Crippen LogP contribution in [0.15, 0.2) is 64.2 Å². The molecule has 1 N–H and O–H groups in total. The van der Waals surface area contributed by atoms with E-state index < -0.39 is 10.0 Å². The Labute approximate surface area is 173 Å². The summed E-state index contributed by atoms with van der Waals surface area (Å²) in [7, 11) is -3.63. The van der Waals surface area contributed by atoms with Gasteiger partial charge in [0.25, 0.3) is 0 Å². The highest BCUT2D eigenvalue weighted by Gasteiger charge is 2.23. The van der Waals surface area contributed by atoms with Crippen LogP contribution in [0.5, 0.6) is 0 Å². The smallest absolute Gasteiger partial charge is 0.242 e. The second-order valence-electron chi connectivity index (χ2n) is 6.89. The Hall–Kier alpha value is -2.03. The van der Waals surface area contributed by atoms with Crippen molar-refractivity contribution in [3.63, 3.8) is 0 Å². The van der Waals surface area contributed by atoms with Crippen LogP contribution in [0.25, 0.3) is 11.3 Å². The van der Waals surface area contributed by atoms with Crippen molar-refractivity contribution < 1.29 is 8.42 Å². The van der Waals surface area contributed by atoms with Crippen LogP contribution in [-0.4, -0.2) is 23.2 Å². The molecule has 146 valence electrons. The zero-order valence-corrected chi connectivity index (χ0v) is 17.7. The number of pyridine rings is 1. The Morgan fingerprint density at radius 3 is 2.54 bits per heavy atom. The van der Waals surface area contributed by atoms with Gasteiger partial charge in [0.2, 0.25) is 10.0 Å². The van der Waals surface area contributed by atoms with Gasteiger partial charge in [0.1, 0.15) is 0 Å². The molecule has 1 aliphatic carbocycles. The topological polar surface area (TPSA) is 76.9 Å². The minimum absolute atomic E-state index is 0.140. The molecule has 0 radical (unpaired) electrons. The molecule has 0 saturated heterocycles. The highest BCUT2D eigenvalue weighted by Crippen LogP contribution is 2.33. The van der Waals surface area contributed by atoms with E-state index in [1.807, 2.05) is 18.2 Å². The van der Waals surface area contributed by atoms with Gasteiger partial charge in [0.05, 0.1) is 28.9 Å². The zero-order valence-electron chi connectivity index (χ0n) is 15.3. The number of nitrogens with zero attached hydrogens (tertiary/aromatic N) is 3. The van der Waals surface area contributed by atoms with Crippen LogP contribution < -0.4 is 4.72 Å². The van der Waals surface area contributed by atoms with Gasteiger partial charge < -0.3 is 0 Å². The van der Waals surface area contributed by atoms with Gasteiger partial charge in [-0.1, -0.05) is 25.0 Å². The molecule has 0 spiro atoms. The standard InChI is InChI=1S/C20H21BrN4O2S/c21-18-7-3-4-8-20(18)28(26,27)23-14-16-13-19(15-9-11-22-12-10-15)25(24-16)17-5-1-2-6-17/h3-4,7-13,17,23H,1-2,5-6,14H2. The van der Waals surface area contributed by atoms with E-state index in [0.29, 0.717) is 16.2 Å². The Balaban J connectivity index is 1.61. The molecule has 0 atom stereocenters. The average Bonchev–Trinajstić information content (AvgIpc) is 3.37. The number of aromatic nitrogens is 3. The second kappa shape index (κ2) is 8.14. The van der Waals surface area contributed by atoms with Crippen LogP contribution in [0.1, 0.15) is 37.4 Å². The molecule has 2 heterocycles. The molecule has 1 saturated carbocycles. The van der Waals surface area contributed by atoms with Crippen molar-refractivity contribution >= 4 is 26.0 Å². The first kappa shape index (κ1) is 19.3. The molecule has 0 amide bonds. The first-order valence-corrected chi connectivity index (χ1v) is 11.6. The lowest BCUT2D eigenvalue weighted by Gasteiger charge is -2.14. The van der Waals surface area contributed by atoms with E-state index in [-0.39, 0.29) is 11.4 Å². The van der Waals surface area contributed by atoms with Crippen molar-refractivity contribution in [3.8, 4) is 11.3 Å². The predicted octanol–water partition coefficient (Wildman–Crippen LogP) is 4.30. The number of nitrogens with one attached hydrogen (secondary N) is 1. The van der Waals surface area contributed by atoms with E-state index in [9.17, 15) is 8.42 Å². The summed E-state index contributed by atoms with van der Waals surface area (Å²) in [5.41, 5.74) is 2.74. The lowest BCUT2D eigenvalue weighted by atomic mass is 10.1. The van der Waals surface area contributed by atoms with E-state index >= 15 is 0 Å². The van der Waals surface area contributed by atoms with Gasteiger partial charge in [-0.3, -0.25) is 9.67 Å². The number of benzene rings is 1. The average molecular weight is 461 g/mol.